The van der Waals surface area contributed by atoms with Crippen molar-refractivity contribution >= 4 is 29.9 Å². The summed E-state index contributed by atoms with van der Waals surface area (Å²) in [4.78, 5) is 23.5. The number of benzene rings is 2. The van der Waals surface area contributed by atoms with Crippen LogP contribution in [-0.2, 0) is 22.6 Å². The second-order valence-corrected chi connectivity index (χ2v) is 6.96. The highest BCUT2D eigenvalue weighted by molar-refractivity contribution is 7.71. The summed E-state index contributed by atoms with van der Waals surface area (Å²) in [5.74, 6) is 1.30. The first-order valence-corrected chi connectivity index (χ1v) is 9.91. The normalized spacial score (nSPS) is 10.4. The van der Waals surface area contributed by atoms with Crippen molar-refractivity contribution in [2.24, 2.45) is 0 Å². The Morgan fingerprint density at radius 1 is 1.10 bits per heavy atom. The molecule has 31 heavy (non-hydrogen) atoms. The third-order valence-electron chi connectivity index (χ3n) is 4.54. The Bertz CT molecular complexity index is 1090. The van der Waals surface area contributed by atoms with Gasteiger partial charge in [-0.3, -0.25) is 19.8 Å². The number of H-pyrrole nitrogens is 1. The fourth-order valence-electron chi connectivity index (χ4n) is 2.86. The molecule has 0 radical (unpaired) electrons. The summed E-state index contributed by atoms with van der Waals surface area (Å²) in [5, 5.41) is 12.5. The Balaban J connectivity index is 1.55. The Morgan fingerprint density at radius 2 is 1.81 bits per heavy atom. The number of hydrogen-bond acceptors (Lipinski definition) is 6. The Hall–Kier alpha value is -3.66. The van der Waals surface area contributed by atoms with E-state index in [9.17, 15) is 9.59 Å². The fraction of sp³-hybridized carbons (Fsp3) is 0.238. The number of nitrogens with zero attached hydrogens (tertiary/aromatic N) is 2. The van der Waals surface area contributed by atoms with Gasteiger partial charge in [0.1, 0.15) is 5.75 Å². The van der Waals surface area contributed by atoms with Gasteiger partial charge in [0.2, 0.25) is 5.91 Å². The van der Waals surface area contributed by atoms with E-state index in [1.165, 1.54) is 7.11 Å². The van der Waals surface area contributed by atoms with Crippen LogP contribution in [0.2, 0.25) is 0 Å². The molecule has 0 fully saturated rings. The second kappa shape index (κ2) is 10.4. The van der Waals surface area contributed by atoms with E-state index in [1.54, 1.807) is 23.8 Å². The number of carbonyl (C=O) groups is 2. The highest BCUT2D eigenvalue weighted by atomic mass is 32.1. The molecule has 0 aliphatic carbocycles. The van der Waals surface area contributed by atoms with Crippen molar-refractivity contribution in [3.05, 3.63) is 58.9 Å². The van der Waals surface area contributed by atoms with Crippen LogP contribution in [0.25, 0.3) is 11.4 Å². The second-order valence-electron chi connectivity index (χ2n) is 6.57. The molecule has 2 aromatic carbocycles. The summed E-state index contributed by atoms with van der Waals surface area (Å²) < 4.78 is 12.0. The number of hydrogen-bond donors (Lipinski definition) is 3. The molecular weight excluding hydrogens is 418 g/mol. The van der Waals surface area contributed by atoms with E-state index in [0.29, 0.717) is 29.4 Å². The lowest BCUT2D eigenvalue weighted by Gasteiger charge is -2.09. The molecule has 0 saturated carbocycles. The third kappa shape index (κ3) is 5.92. The van der Waals surface area contributed by atoms with Crippen molar-refractivity contribution in [3.63, 3.8) is 0 Å². The molecule has 0 spiro atoms. The molecular formula is C21H23N5O4S. The number of anilines is 1. The van der Waals surface area contributed by atoms with E-state index in [1.807, 2.05) is 36.4 Å². The summed E-state index contributed by atoms with van der Waals surface area (Å²) >= 11 is 5.32. The summed E-state index contributed by atoms with van der Waals surface area (Å²) in [6, 6.07) is 14.6. The maximum Gasteiger partial charge on any atom is 0.411 e. The lowest BCUT2D eigenvalue weighted by atomic mass is 10.2. The predicted octanol–water partition coefficient (Wildman–Crippen LogP) is 3.50. The molecule has 1 heterocycles. The molecule has 3 N–H and O–H groups in total. The number of amides is 2. The number of nitrogens with one attached hydrogen (secondary N) is 3. The van der Waals surface area contributed by atoms with Crippen LogP contribution in [0.4, 0.5) is 10.5 Å². The number of rotatable bonds is 8. The molecule has 0 aliphatic heterocycles. The number of methoxy groups -OCH3 is 2. The minimum absolute atomic E-state index is 0.111. The zero-order valence-corrected chi connectivity index (χ0v) is 18.0. The molecule has 3 aromatic rings. The van der Waals surface area contributed by atoms with Gasteiger partial charge in [0.05, 0.1) is 14.2 Å². The fourth-order valence-corrected chi connectivity index (χ4v) is 3.09. The van der Waals surface area contributed by atoms with Gasteiger partial charge in [-0.2, -0.15) is 5.10 Å². The topological polar surface area (TPSA) is 110 Å². The van der Waals surface area contributed by atoms with Crippen molar-refractivity contribution in [2.45, 2.75) is 19.5 Å². The van der Waals surface area contributed by atoms with Crippen LogP contribution in [0.3, 0.4) is 0 Å². The molecule has 0 unspecified atom stereocenters. The zero-order chi connectivity index (χ0) is 22.2. The first kappa shape index (κ1) is 22.0. The van der Waals surface area contributed by atoms with Crippen molar-refractivity contribution in [1.29, 1.82) is 0 Å². The van der Waals surface area contributed by atoms with Crippen LogP contribution in [0.5, 0.6) is 5.75 Å². The molecule has 1 aromatic heterocycles. The molecule has 0 bridgehead atoms. The lowest BCUT2D eigenvalue weighted by molar-refractivity contribution is -0.121. The van der Waals surface area contributed by atoms with Crippen LogP contribution >= 0.6 is 12.2 Å². The maximum atomic E-state index is 12.3. The monoisotopic (exact) mass is 441 g/mol. The van der Waals surface area contributed by atoms with Crippen molar-refractivity contribution in [3.8, 4) is 17.1 Å². The Morgan fingerprint density at radius 3 is 2.45 bits per heavy atom. The molecule has 0 saturated heterocycles. The van der Waals surface area contributed by atoms with Gasteiger partial charge >= 0.3 is 6.09 Å². The van der Waals surface area contributed by atoms with Gasteiger partial charge in [0.25, 0.3) is 0 Å². The highest BCUT2D eigenvalue weighted by Crippen LogP contribution is 2.21. The van der Waals surface area contributed by atoms with Crippen LogP contribution in [0.1, 0.15) is 12.0 Å². The minimum Gasteiger partial charge on any atom is -0.497 e. The average molecular weight is 442 g/mol. The minimum atomic E-state index is -0.534. The van der Waals surface area contributed by atoms with E-state index < -0.39 is 6.09 Å². The summed E-state index contributed by atoms with van der Waals surface area (Å²) in [6.45, 7) is 0.768. The van der Waals surface area contributed by atoms with Gasteiger partial charge in [-0.05, 0) is 54.2 Å². The molecule has 162 valence electrons. The summed E-state index contributed by atoms with van der Waals surface area (Å²) in [7, 11) is 2.91. The van der Waals surface area contributed by atoms with Gasteiger partial charge in [-0.1, -0.05) is 12.1 Å². The average Bonchev–Trinajstić information content (AvgIpc) is 3.17. The smallest absolute Gasteiger partial charge is 0.411 e. The number of ether oxygens (including phenoxy) is 2. The van der Waals surface area contributed by atoms with Crippen LogP contribution in [0, 0.1) is 4.77 Å². The van der Waals surface area contributed by atoms with Gasteiger partial charge in [0.15, 0.2) is 10.6 Å². The van der Waals surface area contributed by atoms with E-state index >= 15 is 0 Å². The van der Waals surface area contributed by atoms with Gasteiger partial charge < -0.3 is 14.8 Å². The molecule has 3 rings (SSSR count). The van der Waals surface area contributed by atoms with Crippen molar-refractivity contribution < 1.29 is 19.1 Å². The van der Waals surface area contributed by atoms with E-state index in [2.05, 4.69) is 25.6 Å². The summed E-state index contributed by atoms with van der Waals surface area (Å²) in [6.07, 6.45) is -0.285. The number of carbonyl (C=O) groups excluding carboxylic acids is 2. The van der Waals surface area contributed by atoms with E-state index in [4.69, 9.17) is 17.0 Å². The standard InChI is InChI=1S/C21H23N5O4S/c1-29-17-9-5-15(6-10-17)19-24-25-20(31)26(19)12-11-18(27)22-13-14-3-7-16(8-4-14)23-21(28)30-2/h3-10H,11-13H2,1-2H3,(H,22,27)(H,23,28)(H,25,31). The Kier molecular flexibility index (Phi) is 7.39. The van der Waals surface area contributed by atoms with E-state index in [-0.39, 0.29) is 12.3 Å². The quantitative estimate of drug-likeness (QED) is 0.462. The lowest BCUT2D eigenvalue weighted by Crippen LogP contribution is -2.24. The van der Waals surface area contributed by atoms with Crippen LogP contribution in [-0.4, -0.2) is 41.0 Å². The molecule has 10 heteroatoms. The van der Waals surface area contributed by atoms with Crippen molar-refractivity contribution in [1.82, 2.24) is 20.1 Å². The maximum absolute atomic E-state index is 12.3. The third-order valence-corrected chi connectivity index (χ3v) is 4.86. The Labute approximate surface area is 184 Å². The zero-order valence-electron chi connectivity index (χ0n) is 17.2. The molecule has 2 amide bonds. The SMILES string of the molecule is COC(=O)Nc1ccc(CNC(=O)CCn2c(-c3ccc(OC)cc3)n[nH]c2=S)cc1. The largest absolute Gasteiger partial charge is 0.497 e. The molecule has 0 atom stereocenters. The summed E-state index contributed by atoms with van der Waals surface area (Å²) in [5.41, 5.74) is 2.39. The van der Waals surface area contributed by atoms with Gasteiger partial charge in [0, 0.05) is 30.8 Å². The first-order chi connectivity index (χ1) is 15.0. The molecule has 9 nitrogen and oxygen atoms in total. The molecule has 0 aliphatic rings. The van der Waals surface area contributed by atoms with Gasteiger partial charge in [-0.25, -0.2) is 4.79 Å². The number of aromatic nitrogens is 3. The van der Waals surface area contributed by atoms with Gasteiger partial charge in [-0.15, -0.1) is 0 Å². The van der Waals surface area contributed by atoms with Crippen molar-refractivity contribution in [2.75, 3.05) is 19.5 Å². The first-order valence-electron chi connectivity index (χ1n) is 9.50. The van der Waals surface area contributed by atoms with Crippen LogP contribution in [0.15, 0.2) is 48.5 Å². The number of aromatic amines is 1. The predicted molar refractivity (Wildman–Crippen MR) is 118 cm³/mol. The van der Waals surface area contributed by atoms with E-state index in [0.717, 1.165) is 16.9 Å². The highest BCUT2D eigenvalue weighted by Gasteiger charge is 2.11. The van der Waals surface area contributed by atoms with Crippen LogP contribution < -0.4 is 15.4 Å².